The van der Waals surface area contributed by atoms with Crippen molar-refractivity contribution in [1.29, 1.82) is 0 Å². The van der Waals surface area contributed by atoms with Gasteiger partial charge in [0.05, 0.1) is 23.5 Å². The standard InChI is InChI=1S/C28H35ClN4O5S/c1-7-39(36,37)30-16-24(34)32-12-13-33(28(5,6)17-32)26(35)23-15-22-25(38-23)20(27(2,3)4)14-21(31-22)18-8-10-19(29)11-9-18/h8-11,14-15,30H,7,12-13,16-17H2,1-6H3. The summed E-state index contributed by atoms with van der Waals surface area (Å²) >= 11 is 6.07. The number of halogens is 1. The quantitative estimate of drug-likeness (QED) is 0.465. The predicted octanol–water partition coefficient (Wildman–Crippen LogP) is 4.45. The average Bonchev–Trinajstić information content (AvgIpc) is 3.30. The van der Waals surface area contributed by atoms with Crippen molar-refractivity contribution in [3.63, 3.8) is 0 Å². The Morgan fingerprint density at radius 1 is 1.13 bits per heavy atom. The minimum absolute atomic E-state index is 0.0987. The van der Waals surface area contributed by atoms with Crippen molar-refractivity contribution < 1.29 is 22.4 Å². The van der Waals surface area contributed by atoms with Crippen molar-refractivity contribution in [2.24, 2.45) is 0 Å². The van der Waals surface area contributed by atoms with E-state index < -0.39 is 15.6 Å². The molecule has 1 saturated heterocycles. The number of hydrogen-bond acceptors (Lipinski definition) is 6. The molecular formula is C28H35ClN4O5S. The molecule has 2 aromatic heterocycles. The summed E-state index contributed by atoms with van der Waals surface area (Å²) in [5.74, 6) is -0.535. The van der Waals surface area contributed by atoms with Crippen LogP contribution in [0.3, 0.4) is 0 Å². The van der Waals surface area contributed by atoms with Crippen molar-refractivity contribution >= 4 is 44.5 Å². The van der Waals surface area contributed by atoms with Crippen molar-refractivity contribution in [2.75, 3.05) is 31.9 Å². The van der Waals surface area contributed by atoms with Crippen LogP contribution in [-0.4, -0.2) is 72.5 Å². The van der Waals surface area contributed by atoms with Gasteiger partial charge in [0.15, 0.2) is 11.3 Å². The zero-order valence-corrected chi connectivity index (χ0v) is 24.7. The number of sulfonamides is 1. The molecule has 1 fully saturated rings. The van der Waals surface area contributed by atoms with Crippen molar-refractivity contribution in [2.45, 2.75) is 52.5 Å². The fourth-order valence-corrected chi connectivity index (χ4v) is 5.39. The first kappa shape index (κ1) is 29.0. The molecule has 0 atom stereocenters. The number of carbonyl (C=O) groups is 2. The van der Waals surface area contributed by atoms with E-state index >= 15 is 0 Å². The summed E-state index contributed by atoms with van der Waals surface area (Å²) in [5.41, 5.74) is 2.77. The van der Waals surface area contributed by atoms with Crippen molar-refractivity contribution in [1.82, 2.24) is 19.5 Å². The molecule has 3 aromatic rings. The first-order valence-electron chi connectivity index (χ1n) is 12.9. The van der Waals surface area contributed by atoms with E-state index in [1.54, 1.807) is 15.9 Å². The molecule has 3 heterocycles. The number of carbonyl (C=O) groups excluding carboxylic acids is 2. The lowest BCUT2D eigenvalue weighted by molar-refractivity contribution is -0.134. The van der Waals surface area contributed by atoms with E-state index in [4.69, 9.17) is 21.0 Å². The number of rotatable bonds is 6. The van der Waals surface area contributed by atoms with Crippen LogP contribution in [0.5, 0.6) is 0 Å². The van der Waals surface area contributed by atoms with Gasteiger partial charge in [-0.3, -0.25) is 9.59 Å². The molecule has 0 bridgehead atoms. The van der Waals surface area contributed by atoms with Gasteiger partial charge in [-0.15, -0.1) is 0 Å². The molecule has 0 radical (unpaired) electrons. The van der Waals surface area contributed by atoms with Crippen LogP contribution >= 0.6 is 11.6 Å². The molecule has 0 aliphatic carbocycles. The molecule has 1 N–H and O–H groups in total. The number of nitrogens with zero attached hydrogens (tertiary/aromatic N) is 3. The number of aromatic nitrogens is 1. The molecule has 9 nitrogen and oxygen atoms in total. The summed E-state index contributed by atoms with van der Waals surface area (Å²) in [5, 5.41) is 0.638. The summed E-state index contributed by atoms with van der Waals surface area (Å²) in [7, 11) is -3.48. The van der Waals surface area contributed by atoms with E-state index in [2.05, 4.69) is 25.5 Å². The van der Waals surface area contributed by atoms with Crippen molar-refractivity contribution in [3.8, 4) is 11.3 Å². The summed E-state index contributed by atoms with van der Waals surface area (Å²) in [6.07, 6.45) is 0. The number of pyridine rings is 1. The van der Waals surface area contributed by atoms with E-state index in [-0.39, 0.29) is 54.9 Å². The lowest BCUT2D eigenvalue weighted by atomic mass is 9.86. The minimum Gasteiger partial charge on any atom is -0.449 e. The molecule has 0 saturated carbocycles. The van der Waals surface area contributed by atoms with Crippen LogP contribution in [-0.2, 0) is 20.2 Å². The number of piperazine rings is 1. The molecular weight excluding hydrogens is 540 g/mol. The third-order valence-corrected chi connectivity index (χ3v) is 8.56. The fourth-order valence-electron chi connectivity index (χ4n) is 4.72. The van der Waals surface area contributed by atoms with Gasteiger partial charge in [-0.2, -0.15) is 0 Å². The summed E-state index contributed by atoms with van der Waals surface area (Å²) in [4.78, 5) is 34.5. The van der Waals surface area contributed by atoms with E-state index in [9.17, 15) is 18.0 Å². The molecule has 0 spiro atoms. The highest BCUT2D eigenvalue weighted by molar-refractivity contribution is 7.89. The third-order valence-electron chi connectivity index (χ3n) is 6.96. The zero-order valence-electron chi connectivity index (χ0n) is 23.2. The smallest absolute Gasteiger partial charge is 0.290 e. The van der Waals surface area contributed by atoms with Crippen LogP contribution in [0.4, 0.5) is 0 Å². The molecule has 1 aliphatic rings. The predicted molar refractivity (Wildman–Crippen MR) is 152 cm³/mol. The van der Waals surface area contributed by atoms with Crippen LogP contribution in [0.25, 0.3) is 22.4 Å². The second kappa shape index (κ2) is 10.6. The SMILES string of the molecule is CCS(=O)(=O)NCC(=O)N1CCN(C(=O)c2cc3nc(-c4ccc(Cl)cc4)cc(C(C)(C)C)c3o2)C(C)(C)C1. The number of hydrogen-bond donors (Lipinski definition) is 1. The summed E-state index contributed by atoms with van der Waals surface area (Å²) < 4.78 is 32.0. The third kappa shape index (κ3) is 6.28. The molecule has 210 valence electrons. The Kier molecular flexibility index (Phi) is 7.86. The molecule has 1 aliphatic heterocycles. The molecule has 11 heteroatoms. The first-order valence-corrected chi connectivity index (χ1v) is 14.9. The zero-order chi connectivity index (χ0) is 28.8. The highest BCUT2D eigenvalue weighted by Gasteiger charge is 2.40. The van der Waals surface area contributed by atoms with Crippen LogP contribution in [0.2, 0.25) is 5.02 Å². The Morgan fingerprint density at radius 2 is 1.79 bits per heavy atom. The maximum Gasteiger partial charge on any atom is 0.290 e. The number of benzene rings is 1. The van der Waals surface area contributed by atoms with Gasteiger partial charge < -0.3 is 14.2 Å². The average molecular weight is 575 g/mol. The van der Waals surface area contributed by atoms with Gasteiger partial charge in [0.25, 0.3) is 5.91 Å². The monoisotopic (exact) mass is 574 g/mol. The highest BCUT2D eigenvalue weighted by Crippen LogP contribution is 2.35. The fraction of sp³-hybridized carbons (Fsp3) is 0.464. The Labute approximate surface area is 234 Å². The van der Waals surface area contributed by atoms with Crippen molar-refractivity contribution in [3.05, 3.63) is 52.7 Å². The molecule has 1 aromatic carbocycles. The number of fused-ring (bicyclic) bond motifs is 1. The highest BCUT2D eigenvalue weighted by atomic mass is 35.5. The topological polar surface area (TPSA) is 113 Å². The summed E-state index contributed by atoms with van der Waals surface area (Å²) in [6, 6.07) is 11.1. The van der Waals surface area contributed by atoms with Crippen LogP contribution in [0.1, 0.15) is 57.7 Å². The number of furan rings is 1. The second-order valence-corrected chi connectivity index (χ2v) is 14.0. The Bertz CT molecular complexity index is 1510. The van der Waals surface area contributed by atoms with Gasteiger partial charge in [0.2, 0.25) is 15.9 Å². The van der Waals surface area contributed by atoms with Gasteiger partial charge in [0, 0.05) is 41.9 Å². The van der Waals surface area contributed by atoms with E-state index in [1.165, 1.54) is 6.92 Å². The maximum atomic E-state index is 13.7. The van der Waals surface area contributed by atoms with Crippen LogP contribution in [0.15, 0.2) is 40.8 Å². The van der Waals surface area contributed by atoms with E-state index in [0.29, 0.717) is 16.1 Å². The maximum absolute atomic E-state index is 13.7. The Morgan fingerprint density at radius 3 is 2.38 bits per heavy atom. The van der Waals surface area contributed by atoms with Gasteiger partial charge in [0.1, 0.15) is 5.52 Å². The number of nitrogens with one attached hydrogen (secondary N) is 1. The van der Waals surface area contributed by atoms with Crippen LogP contribution in [0, 0.1) is 0 Å². The number of amides is 2. The normalized spacial score (nSPS) is 16.1. The minimum atomic E-state index is -3.48. The van der Waals surface area contributed by atoms with Crippen LogP contribution < -0.4 is 4.72 Å². The molecule has 0 unspecified atom stereocenters. The first-order chi connectivity index (χ1) is 18.1. The lowest BCUT2D eigenvalue weighted by Gasteiger charge is -2.46. The van der Waals surface area contributed by atoms with Gasteiger partial charge >= 0.3 is 0 Å². The van der Waals surface area contributed by atoms with Gasteiger partial charge in [-0.05, 0) is 44.4 Å². The van der Waals surface area contributed by atoms with E-state index in [1.807, 2.05) is 44.2 Å². The van der Waals surface area contributed by atoms with Gasteiger partial charge in [-0.25, -0.2) is 18.1 Å². The summed E-state index contributed by atoms with van der Waals surface area (Å²) in [6.45, 7) is 12.0. The molecule has 39 heavy (non-hydrogen) atoms. The molecule has 2 amide bonds. The second-order valence-electron chi connectivity index (χ2n) is 11.4. The largest absolute Gasteiger partial charge is 0.449 e. The van der Waals surface area contributed by atoms with Gasteiger partial charge in [-0.1, -0.05) is 44.5 Å². The van der Waals surface area contributed by atoms with E-state index in [0.717, 1.165) is 16.8 Å². The molecule has 4 rings (SSSR count). The lowest BCUT2D eigenvalue weighted by Crippen LogP contribution is -2.62. The Balaban J connectivity index is 1.61. The Hall–Kier alpha value is -2.95.